The zero-order valence-electron chi connectivity index (χ0n) is 17.9. The number of amides is 1. The van der Waals surface area contributed by atoms with Crippen molar-refractivity contribution in [3.05, 3.63) is 54.4 Å². The first-order valence-electron chi connectivity index (χ1n) is 11.2. The summed E-state index contributed by atoms with van der Waals surface area (Å²) in [6, 6.07) is 15.9. The van der Waals surface area contributed by atoms with Crippen LogP contribution in [0.15, 0.2) is 53.7 Å². The summed E-state index contributed by atoms with van der Waals surface area (Å²) in [6.07, 6.45) is 5.97. The highest BCUT2D eigenvalue weighted by atomic mass is 32.2. The molecular weight excluding hydrogens is 452 g/mol. The van der Waals surface area contributed by atoms with Crippen LogP contribution in [0.5, 0.6) is 0 Å². The third-order valence-corrected chi connectivity index (χ3v) is 7.97. The van der Waals surface area contributed by atoms with Crippen LogP contribution < -0.4 is 5.32 Å². The van der Waals surface area contributed by atoms with Crippen LogP contribution in [0, 0.1) is 0 Å². The minimum absolute atomic E-state index is 0.108. The Hall–Kier alpha value is -3.04. The number of nitrogens with one attached hydrogen (secondary N) is 1. The number of aromatic nitrogens is 5. The zero-order valence-corrected chi connectivity index (χ0v) is 19.5. The van der Waals surface area contributed by atoms with Crippen LogP contribution in [0.1, 0.15) is 43.8 Å². The minimum Gasteiger partial charge on any atom is -0.301 e. The molecule has 0 aliphatic heterocycles. The molecule has 0 bridgehead atoms. The fourth-order valence-corrected chi connectivity index (χ4v) is 6.15. The Balaban J connectivity index is 1.29. The zero-order chi connectivity index (χ0) is 22.2. The van der Waals surface area contributed by atoms with E-state index in [2.05, 4.69) is 24.9 Å². The summed E-state index contributed by atoms with van der Waals surface area (Å²) in [5, 5.41) is 14.2. The summed E-state index contributed by atoms with van der Waals surface area (Å²) in [5.74, 6) is 1.53. The van der Waals surface area contributed by atoms with Crippen LogP contribution in [0.25, 0.3) is 26.8 Å². The van der Waals surface area contributed by atoms with Crippen LogP contribution in [0.2, 0.25) is 0 Å². The lowest BCUT2D eigenvalue weighted by Crippen LogP contribution is -2.15. The Morgan fingerprint density at radius 1 is 1.00 bits per heavy atom. The largest absolute Gasteiger partial charge is 0.301 e. The van der Waals surface area contributed by atoms with Crippen LogP contribution >= 0.6 is 23.1 Å². The maximum Gasteiger partial charge on any atom is 0.236 e. The number of anilines is 1. The molecule has 1 fully saturated rings. The van der Waals surface area contributed by atoms with Gasteiger partial charge in [0.2, 0.25) is 5.91 Å². The van der Waals surface area contributed by atoms with Gasteiger partial charge in [-0.15, -0.1) is 10.2 Å². The Kier molecular flexibility index (Phi) is 5.43. The summed E-state index contributed by atoms with van der Waals surface area (Å²) in [7, 11) is 0. The number of benzene rings is 2. The van der Waals surface area contributed by atoms with Gasteiger partial charge >= 0.3 is 0 Å². The maximum atomic E-state index is 12.7. The van der Waals surface area contributed by atoms with Crippen LogP contribution in [0.3, 0.4) is 0 Å². The molecule has 2 aromatic carbocycles. The van der Waals surface area contributed by atoms with E-state index in [0.717, 1.165) is 45.4 Å². The Morgan fingerprint density at radius 2 is 1.79 bits per heavy atom. The van der Waals surface area contributed by atoms with E-state index in [0.29, 0.717) is 16.2 Å². The monoisotopic (exact) mass is 474 g/mol. The van der Waals surface area contributed by atoms with Gasteiger partial charge in [-0.3, -0.25) is 9.20 Å². The molecule has 1 aliphatic rings. The standard InChI is InChI=1S/C24H22N6OS2/c31-20(27-23-26-18-12-6-7-13-19(18)33-23)14-32-24-29-28-22-16-10-4-5-11-17(16)25-21(30(22)24)15-8-2-1-3-9-15/h4-7,10-13,15H,1-3,8-9,14H2,(H,26,27,31). The first-order chi connectivity index (χ1) is 16.3. The highest BCUT2D eigenvalue weighted by Crippen LogP contribution is 2.35. The van der Waals surface area contributed by atoms with E-state index in [4.69, 9.17) is 4.98 Å². The van der Waals surface area contributed by atoms with Gasteiger partial charge in [-0.25, -0.2) is 9.97 Å². The summed E-state index contributed by atoms with van der Waals surface area (Å²) in [6.45, 7) is 0. The van der Waals surface area contributed by atoms with Gasteiger partial charge in [-0.2, -0.15) is 0 Å². The van der Waals surface area contributed by atoms with Crippen molar-refractivity contribution < 1.29 is 4.79 Å². The van der Waals surface area contributed by atoms with Crippen LogP contribution in [-0.4, -0.2) is 36.2 Å². The number of nitrogens with zero attached hydrogens (tertiary/aromatic N) is 5. The van der Waals surface area contributed by atoms with Crippen LogP contribution in [0.4, 0.5) is 5.13 Å². The highest BCUT2D eigenvalue weighted by Gasteiger charge is 2.24. The second-order valence-corrected chi connectivity index (χ2v) is 10.3. The van der Waals surface area contributed by atoms with E-state index in [-0.39, 0.29) is 11.7 Å². The summed E-state index contributed by atoms with van der Waals surface area (Å²) in [4.78, 5) is 22.2. The number of hydrogen-bond donors (Lipinski definition) is 1. The molecule has 0 atom stereocenters. The molecule has 0 saturated heterocycles. The van der Waals surface area contributed by atoms with E-state index in [1.807, 2.05) is 48.5 Å². The number of carbonyl (C=O) groups is 1. The number of para-hydroxylation sites is 2. The van der Waals surface area contributed by atoms with Crippen LogP contribution in [-0.2, 0) is 4.79 Å². The van der Waals surface area contributed by atoms with Crippen molar-refractivity contribution >= 4 is 60.9 Å². The molecule has 166 valence electrons. The van der Waals surface area contributed by atoms with E-state index in [1.165, 1.54) is 42.4 Å². The second kappa shape index (κ2) is 8.72. The predicted octanol–water partition coefficient (Wildman–Crippen LogP) is 5.67. The number of carbonyl (C=O) groups excluding carboxylic acids is 1. The quantitative estimate of drug-likeness (QED) is 0.331. The number of thiazole rings is 1. The van der Waals surface area contributed by atoms with Crippen molar-refractivity contribution in [3.8, 4) is 0 Å². The average Bonchev–Trinajstić information content (AvgIpc) is 3.46. The minimum atomic E-state index is -0.108. The Morgan fingerprint density at radius 3 is 2.64 bits per heavy atom. The lowest BCUT2D eigenvalue weighted by molar-refractivity contribution is -0.113. The lowest BCUT2D eigenvalue weighted by Gasteiger charge is -2.22. The van der Waals surface area contributed by atoms with Gasteiger partial charge in [-0.05, 0) is 37.1 Å². The summed E-state index contributed by atoms with van der Waals surface area (Å²) in [5.41, 5.74) is 2.65. The molecule has 9 heteroatoms. The normalized spacial score (nSPS) is 14.9. The van der Waals surface area contributed by atoms with Gasteiger partial charge in [0, 0.05) is 11.3 Å². The molecular formula is C24H22N6OS2. The summed E-state index contributed by atoms with van der Waals surface area (Å²) < 4.78 is 3.13. The fourth-order valence-electron chi connectivity index (χ4n) is 4.52. The van der Waals surface area contributed by atoms with Crippen molar-refractivity contribution in [1.29, 1.82) is 0 Å². The van der Waals surface area contributed by atoms with E-state index in [1.54, 1.807) is 0 Å². The lowest BCUT2D eigenvalue weighted by atomic mass is 9.88. The van der Waals surface area contributed by atoms with E-state index in [9.17, 15) is 4.79 Å². The molecule has 0 radical (unpaired) electrons. The highest BCUT2D eigenvalue weighted by molar-refractivity contribution is 7.99. The van der Waals surface area contributed by atoms with Gasteiger partial charge in [0.25, 0.3) is 0 Å². The molecule has 3 aromatic heterocycles. The smallest absolute Gasteiger partial charge is 0.236 e. The van der Waals surface area contributed by atoms with Crippen molar-refractivity contribution in [2.24, 2.45) is 0 Å². The Bertz CT molecular complexity index is 1440. The molecule has 1 saturated carbocycles. The number of fused-ring (bicyclic) bond motifs is 4. The molecule has 1 amide bonds. The topological polar surface area (TPSA) is 85.1 Å². The maximum absolute atomic E-state index is 12.7. The molecule has 3 heterocycles. The Labute approximate surface area is 198 Å². The van der Waals surface area contributed by atoms with Crippen molar-refractivity contribution in [3.63, 3.8) is 0 Å². The third-order valence-electron chi connectivity index (χ3n) is 6.09. The first kappa shape index (κ1) is 20.6. The molecule has 0 unspecified atom stereocenters. The van der Waals surface area contributed by atoms with Crippen molar-refractivity contribution in [2.45, 2.75) is 43.2 Å². The molecule has 33 heavy (non-hydrogen) atoms. The van der Waals surface area contributed by atoms with Crippen molar-refractivity contribution in [1.82, 2.24) is 24.6 Å². The third kappa shape index (κ3) is 3.95. The van der Waals surface area contributed by atoms with E-state index < -0.39 is 0 Å². The molecule has 1 N–H and O–H groups in total. The molecule has 5 aromatic rings. The molecule has 1 aliphatic carbocycles. The number of thioether (sulfide) groups is 1. The van der Waals surface area contributed by atoms with Gasteiger partial charge in [0.05, 0.1) is 21.5 Å². The van der Waals surface area contributed by atoms with Gasteiger partial charge in [0.15, 0.2) is 15.9 Å². The van der Waals surface area contributed by atoms with Gasteiger partial charge in [0.1, 0.15) is 5.82 Å². The molecule has 0 spiro atoms. The predicted molar refractivity (Wildman–Crippen MR) is 133 cm³/mol. The average molecular weight is 475 g/mol. The molecule has 7 nitrogen and oxygen atoms in total. The first-order valence-corrected chi connectivity index (χ1v) is 13.0. The second-order valence-electron chi connectivity index (χ2n) is 8.29. The SMILES string of the molecule is O=C(CSc1nnc2c3ccccc3nc(C3CCCCC3)n12)Nc1nc2ccccc2s1. The molecule has 6 rings (SSSR count). The van der Waals surface area contributed by atoms with E-state index >= 15 is 0 Å². The summed E-state index contributed by atoms with van der Waals surface area (Å²) >= 11 is 2.87. The number of hydrogen-bond acceptors (Lipinski definition) is 7. The van der Waals surface area contributed by atoms with Crippen molar-refractivity contribution in [2.75, 3.05) is 11.1 Å². The number of rotatable bonds is 5. The fraction of sp³-hybridized carbons (Fsp3) is 0.292. The van der Waals surface area contributed by atoms with Gasteiger partial charge in [-0.1, -0.05) is 66.6 Å². The van der Waals surface area contributed by atoms with Gasteiger partial charge < -0.3 is 5.32 Å².